The molecule has 0 aliphatic carbocycles. The van der Waals surface area contributed by atoms with Crippen molar-refractivity contribution in [3.8, 4) is 0 Å². The van der Waals surface area contributed by atoms with Gasteiger partial charge in [-0.2, -0.15) is 0 Å². The molecule has 0 saturated heterocycles. The molecule has 21 heavy (non-hydrogen) atoms. The molecule has 2 rings (SSSR count). The predicted molar refractivity (Wildman–Crippen MR) is 82.7 cm³/mol. The molecule has 1 unspecified atom stereocenters. The number of likely N-dealkylation sites (N-methyl/N-ethyl adjacent to an activating group) is 1. The molecule has 0 aliphatic heterocycles. The summed E-state index contributed by atoms with van der Waals surface area (Å²) in [4.78, 5) is 25.7. The van der Waals surface area contributed by atoms with Gasteiger partial charge in [0.15, 0.2) is 0 Å². The smallest absolute Gasteiger partial charge is 0.248 e. The van der Waals surface area contributed by atoms with Gasteiger partial charge in [-0.15, -0.1) is 11.3 Å². The van der Waals surface area contributed by atoms with Gasteiger partial charge in [-0.25, -0.2) is 0 Å². The van der Waals surface area contributed by atoms with Crippen LogP contribution in [-0.4, -0.2) is 23.8 Å². The SMILES string of the molecule is CN(Cc1ccc(C(N)=O)cc1)C(=O)C(N)c1cccs1. The number of primary amides is 1. The standard InChI is InChI=1S/C15H17N3O2S/c1-18(15(20)13(16)12-3-2-8-21-12)9-10-4-6-11(7-5-10)14(17)19/h2-8,13H,9,16H2,1H3,(H2,17,19). The number of nitrogens with two attached hydrogens (primary N) is 2. The Hall–Kier alpha value is -2.18. The van der Waals surface area contributed by atoms with E-state index in [1.54, 1.807) is 36.2 Å². The van der Waals surface area contributed by atoms with E-state index in [0.29, 0.717) is 12.1 Å². The normalized spacial score (nSPS) is 11.9. The summed E-state index contributed by atoms with van der Waals surface area (Å²) >= 11 is 1.46. The molecular weight excluding hydrogens is 286 g/mol. The monoisotopic (exact) mass is 303 g/mol. The molecule has 0 saturated carbocycles. The van der Waals surface area contributed by atoms with Crippen LogP contribution in [0.2, 0.25) is 0 Å². The highest BCUT2D eigenvalue weighted by Gasteiger charge is 2.20. The summed E-state index contributed by atoms with van der Waals surface area (Å²) in [6.45, 7) is 0.428. The highest BCUT2D eigenvalue weighted by molar-refractivity contribution is 7.10. The summed E-state index contributed by atoms with van der Waals surface area (Å²) in [7, 11) is 1.71. The molecule has 1 heterocycles. The van der Waals surface area contributed by atoms with E-state index < -0.39 is 11.9 Å². The van der Waals surface area contributed by atoms with Crippen molar-refractivity contribution >= 4 is 23.2 Å². The molecule has 110 valence electrons. The molecule has 0 aliphatic rings. The number of amides is 2. The molecule has 0 bridgehead atoms. The summed E-state index contributed by atoms with van der Waals surface area (Å²) < 4.78 is 0. The summed E-state index contributed by atoms with van der Waals surface area (Å²) in [5.41, 5.74) is 12.5. The van der Waals surface area contributed by atoms with Crippen molar-refractivity contribution in [1.82, 2.24) is 4.90 Å². The Labute approximate surface area is 127 Å². The third kappa shape index (κ3) is 3.68. The van der Waals surface area contributed by atoms with Gasteiger partial charge in [0.25, 0.3) is 0 Å². The lowest BCUT2D eigenvalue weighted by Crippen LogP contribution is -2.35. The van der Waals surface area contributed by atoms with E-state index >= 15 is 0 Å². The van der Waals surface area contributed by atoms with Gasteiger partial charge in [0.05, 0.1) is 0 Å². The maximum Gasteiger partial charge on any atom is 0.248 e. The van der Waals surface area contributed by atoms with E-state index in [1.807, 2.05) is 17.5 Å². The van der Waals surface area contributed by atoms with Crippen molar-refractivity contribution in [2.45, 2.75) is 12.6 Å². The third-order valence-electron chi connectivity index (χ3n) is 3.15. The maximum atomic E-state index is 12.3. The van der Waals surface area contributed by atoms with Gasteiger partial charge in [-0.1, -0.05) is 18.2 Å². The minimum Gasteiger partial charge on any atom is -0.366 e. The Bertz CT molecular complexity index is 623. The highest BCUT2D eigenvalue weighted by Crippen LogP contribution is 2.19. The molecule has 0 spiro atoms. The predicted octanol–water partition coefficient (Wildman–Crippen LogP) is 1.51. The van der Waals surface area contributed by atoms with Crippen LogP contribution < -0.4 is 11.5 Å². The van der Waals surface area contributed by atoms with Crippen LogP contribution >= 0.6 is 11.3 Å². The molecule has 1 aromatic carbocycles. The van der Waals surface area contributed by atoms with E-state index in [2.05, 4.69) is 0 Å². The van der Waals surface area contributed by atoms with E-state index in [4.69, 9.17) is 11.5 Å². The lowest BCUT2D eigenvalue weighted by molar-refractivity contribution is -0.131. The second-order valence-electron chi connectivity index (χ2n) is 4.75. The van der Waals surface area contributed by atoms with Crippen molar-refractivity contribution in [2.75, 3.05) is 7.05 Å². The number of nitrogens with zero attached hydrogens (tertiary/aromatic N) is 1. The zero-order chi connectivity index (χ0) is 15.4. The topological polar surface area (TPSA) is 89.4 Å². The van der Waals surface area contributed by atoms with Gasteiger partial charge in [0.2, 0.25) is 11.8 Å². The lowest BCUT2D eigenvalue weighted by Gasteiger charge is -2.21. The minimum absolute atomic E-state index is 0.142. The zero-order valence-electron chi connectivity index (χ0n) is 11.7. The maximum absolute atomic E-state index is 12.3. The van der Waals surface area contributed by atoms with Crippen LogP contribution in [0.3, 0.4) is 0 Å². The first kappa shape index (κ1) is 15.2. The van der Waals surface area contributed by atoms with Gasteiger partial charge in [-0.3, -0.25) is 9.59 Å². The van der Waals surface area contributed by atoms with Crippen molar-refractivity contribution < 1.29 is 9.59 Å². The van der Waals surface area contributed by atoms with Gasteiger partial charge in [0.1, 0.15) is 6.04 Å². The van der Waals surface area contributed by atoms with Crippen molar-refractivity contribution in [1.29, 1.82) is 0 Å². The number of hydrogen-bond donors (Lipinski definition) is 2. The van der Waals surface area contributed by atoms with Crippen LogP contribution in [0.5, 0.6) is 0 Å². The van der Waals surface area contributed by atoms with Crippen molar-refractivity contribution in [3.63, 3.8) is 0 Å². The van der Waals surface area contributed by atoms with E-state index in [-0.39, 0.29) is 5.91 Å². The largest absolute Gasteiger partial charge is 0.366 e. The van der Waals surface area contributed by atoms with E-state index in [9.17, 15) is 9.59 Å². The second kappa shape index (κ2) is 6.51. The summed E-state index contributed by atoms with van der Waals surface area (Å²) in [6.07, 6.45) is 0. The molecule has 0 radical (unpaired) electrons. The van der Waals surface area contributed by atoms with Crippen LogP contribution in [-0.2, 0) is 11.3 Å². The average Bonchev–Trinajstić information content (AvgIpc) is 3.00. The number of hydrogen-bond acceptors (Lipinski definition) is 4. The molecular formula is C15H17N3O2S. The summed E-state index contributed by atoms with van der Waals surface area (Å²) in [5, 5.41) is 1.89. The molecule has 1 aromatic heterocycles. The summed E-state index contributed by atoms with van der Waals surface area (Å²) in [6, 6.07) is 9.93. The van der Waals surface area contributed by atoms with Crippen LogP contribution in [0.4, 0.5) is 0 Å². The fraction of sp³-hybridized carbons (Fsp3) is 0.200. The van der Waals surface area contributed by atoms with Gasteiger partial charge in [-0.05, 0) is 29.1 Å². The Balaban J connectivity index is 2.02. The van der Waals surface area contributed by atoms with Gasteiger partial charge in [0, 0.05) is 24.0 Å². The molecule has 1 atom stereocenters. The third-order valence-corrected chi connectivity index (χ3v) is 4.11. The van der Waals surface area contributed by atoms with Gasteiger partial charge >= 0.3 is 0 Å². The first-order chi connectivity index (χ1) is 9.99. The Morgan fingerprint density at radius 1 is 1.24 bits per heavy atom. The number of benzene rings is 1. The molecule has 2 amide bonds. The van der Waals surface area contributed by atoms with Crippen LogP contribution in [0.25, 0.3) is 0 Å². The highest BCUT2D eigenvalue weighted by atomic mass is 32.1. The fourth-order valence-electron chi connectivity index (χ4n) is 1.95. The fourth-order valence-corrected chi connectivity index (χ4v) is 2.67. The first-order valence-corrected chi connectivity index (χ1v) is 7.29. The molecule has 2 aromatic rings. The summed E-state index contributed by atoms with van der Waals surface area (Å²) in [5.74, 6) is -0.609. The quantitative estimate of drug-likeness (QED) is 0.877. The Morgan fingerprint density at radius 3 is 2.43 bits per heavy atom. The lowest BCUT2D eigenvalue weighted by atomic mass is 10.1. The van der Waals surface area contributed by atoms with Crippen LogP contribution in [0.1, 0.15) is 26.8 Å². The molecule has 6 heteroatoms. The number of rotatable bonds is 5. The minimum atomic E-state index is -0.639. The zero-order valence-corrected chi connectivity index (χ0v) is 12.5. The van der Waals surface area contributed by atoms with Crippen LogP contribution in [0.15, 0.2) is 41.8 Å². The second-order valence-corrected chi connectivity index (χ2v) is 5.73. The molecule has 4 N–H and O–H groups in total. The average molecular weight is 303 g/mol. The molecule has 0 fully saturated rings. The number of thiophene rings is 1. The number of carbonyl (C=O) groups is 2. The van der Waals surface area contributed by atoms with E-state index in [1.165, 1.54) is 11.3 Å². The Kier molecular flexibility index (Phi) is 4.72. The van der Waals surface area contributed by atoms with E-state index in [0.717, 1.165) is 10.4 Å². The first-order valence-electron chi connectivity index (χ1n) is 6.41. The van der Waals surface area contributed by atoms with Crippen molar-refractivity contribution in [2.24, 2.45) is 11.5 Å². The Morgan fingerprint density at radius 2 is 1.90 bits per heavy atom. The van der Waals surface area contributed by atoms with Gasteiger partial charge < -0.3 is 16.4 Å². The van der Waals surface area contributed by atoms with Crippen LogP contribution in [0, 0.1) is 0 Å². The number of carbonyl (C=O) groups excluding carboxylic acids is 2. The van der Waals surface area contributed by atoms with Crippen molar-refractivity contribution in [3.05, 3.63) is 57.8 Å². The molecule has 5 nitrogen and oxygen atoms in total.